The number of methoxy groups -OCH3 is 1. The van der Waals surface area contributed by atoms with E-state index in [0.29, 0.717) is 11.5 Å². The van der Waals surface area contributed by atoms with E-state index in [1.54, 1.807) is 14.0 Å². The van der Waals surface area contributed by atoms with Crippen molar-refractivity contribution in [1.29, 1.82) is 0 Å². The molecule has 1 saturated carbocycles. The first kappa shape index (κ1) is 14.5. The van der Waals surface area contributed by atoms with Crippen molar-refractivity contribution in [2.24, 2.45) is 0 Å². The number of nitrogen functional groups attached to an aromatic ring is 1. The molecule has 1 aromatic heterocycles. The van der Waals surface area contributed by atoms with Gasteiger partial charge in [-0.25, -0.2) is 8.42 Å². The first-order valence-corrected chi connectivity index (χ1v) is 8.63. The summed E-state index contributed by atoms with van der Waals surface area (Å²) in [5, 5.41) is 3.66. The molecule has 1 aliphatic carbocycles. The first-order chi connectivity index (χ1) is 8.94. The van der Waals surface area contributed by atoms with Crippen LogP contribution in [0.2, 0.25) is 0 Å². The van der Waals surface area contributed by atoms with Gasteiger partial charge in [-0.05, 0) is 30.8 Å². The smallest absolute Gasteiger partial charge is 0.184 e. The summed E-state index contributed by atoms with van der Waals surface area (Å²) in [6.07, 6.45) is 3.11. The molecular formula is C11H19N3O3S2. The van der Waals surface area contributed by atoms with Crippen LogP contribution >= 0.6 is 11.5 Å². The maximum atomic E-state index is 12.0. The van der Waals surface area contributed by atoms with Crippen molar-refractivity contribution in [3.05, 3.63) is 0 Å². The van der Waals surface area contributed by atoms with E-state index in [2.05, 4.69) is 9.69 Å². The molecule has 2 rings (SSSR count). The highest BCUT2D eigenvalue weighted by molar-refractivity contribution is 7.91. The number of hydrogen-bond acceptors (Lipinski definition) is 7. The number of anilines is 2. The summed E-state index contributed by atoms with van der Waals surface area (Å²) in [4.78, 5) is 0.130. The number of nitrogens with zero attached hydrogens (tertiary/aromatic N) is 1. The Kier molecular flexibility index (Phi) is 4.03. The number of rotatable bonds is 6. The molecule has 8 heteroatoms. The Morgan fingerprint density at radius 1 is 1.53 bits per heavy atom. The van der Waals surface area contributed by atoms with Crippen LogP contribution in [0.3, 0.4) is 0 Å². The van der Waals surface area contributed by atoms with E-state index < -0.39 is 9.84 Å². The minimum Gasteiger partial charge on any atom is -0.382 e. The van der Waals surface area contributed by atoms with Gasteiger partial charge in [-0.2, -0.15) is 4.37 Å². The summed E-state index contributed by atoms with van der Waals surface area (Å²) in [7, 11) is -1.67. The molecule has 0 amide bonds. The lowest BCUT2D eigenvalue weighted by Crippen LogP contribution is -2.45. The Balaban J connectivity index is 2.18. The molecular weight excluding hydrogens is 286 g/mol. The zero-order valence-corrected chi connectivity index (χ0v) is 12.7. The van der Waals surface area contributed by atoms with Gasteiger partial charge in [-0.1, -0.05) is 6.92 Å². The van der Waals surface area contributed by atoms with Crippen molar-refractivity contribution >= 4 is 32.2 Å². The molecule has 1 heterocycles. The van der Waals surface area contributed by atoms with E-state index in [-0.39, 0.29) is 22.1 Å². The zero-order chi connectivity index (χ0) is 14.1. The van der Waals surface area contributed by atoms with Crippen LogP contribution in [-0.4, -0.2) is 37.8 Å². The fourth-order valence-corrected chi connectivity index (χ4v) is 4.28. The predicted molar refractivity (Wildman–Crippen MR) is 76.3 cm³/mol. The van der Waals surface area contributed by atoms with Crippen LogP contribution in [0.4, 0.5) is 10.8 Å². The van der Waals surface area contributed by atoms with Crippen molar-refractivity contribution in [2.75, 3.05) is 30.5 Å². The monoisotopic (exact) mass is 305 g/mol. The SMILES string of the molecule is CCS(=O)(=O)c1c(N)nsc1NCC1(OC)CCC1. The number of aromatic nitrogens is 1. The van der Waals surface area contributed by atoms with E-state index in [9.17, 15) is 8.42 Å². The Hall–Kier alpha value is -0.860. The van der Waals surface area contributed by atoms with E-state index in [4.69, 9.17) is 10.5 Å². The van der Waals surface area contributed by atoms with Gasteiger partial charge in [0.2, 0.25) is 0 Å². The van der Waals surface area contributed by atoms with Crippen molar-refractivity contribution in [2.45, 2.75) is 36.7 Å². The van der Waals surface area contributed by atoms with Crippen LogP contribution in [0.15, 0.2) is 4.90 Å². The van der Waals surface area contributed by atoms with E-state index in [0.717, 1.165) is 30.8 Å². The Bertz CT molecular complexity index is 544. The van der Waals surface area contributed by atoms with E-state index >= 15 is 0 Å². The van der Waals surface area contributed by atoms with Gasteiger partial charge in [0, 0.05) is 13.7 Å². The average molecular weight is 305 g/mol. The second-order valence-corrected chi connectivity index (χ2v) is 7.71. The standard InChI is InChI=1S/C11H19N3O3S2/c1-3-19(15,16)8-9(12)14-18-10(8)13-7-11(17-2)5-4-6-11/h13H,3-7H2,1-2H3,(H2,12,14). The minimum absolute atomic E-state index is 0.0136. The van der Waals surface area contributed by atoms with Crippen LogP contribution in [0.1, 0.15) is 26.2 Å². The molecule has 0 aromatic carbocycles. The summed E-state index contributed by atoms with van der Waals surface area (Å²) in [5.41, 5.74) is 5.50. The Morgan fingerprint density at radius 3 is 2.68 bits per heavy atom. The number of nitrogens with one attached hydrogen (secondary N) is 1. The highest BCUT2D eigenvalue weighted by Crippen LogP contribution is 2.37. The number of sulfone groups is 1. The number of nitrogens with two attached hydrogens (primary N) is 1. The average Bonchev–Trinajstić information content (AvgIpc) is 2.70. The van der Waals surface area contributed by atoms with E-state index in [1.165, 1.54) is 0 Å². The lowest BCUT2D eigenvalue weighted by Gasteiger charge is -2.40. The van der Waals surface area contributed by atoms with Crippen LogP contribution in [-0.2, 0) is 14.6 Å². The molecule has 0 unspecified atom stereocenters. The molecule has 0 saturated heterocycles. The molecule has 0 radical (unpaired) electrons. The normalized spacial score (nSPS) is 18.0. The summed E-state index contributed by atoms with van der Waals surface area (Å²) >= 11 is 1.08. The zero-order valence-electron chi connectivity index (χ0n) is 11.1. The summed E-state index contributed by atoms with van der Waals surface area (Å²) < 4.78 is 33.4. The number of hydrogen-bond donors (Lipinski definition) is 2. The van der Waals surface area contributed by atoms with Gasteiger partial charge >= 0.3 is 0 Å². The highest BCUT2D eigenvalue weighted by atomic mass is 32.2. The molecule has 1 aromatic rings. The van der Waals surface area contributed by atoms with Gasteiger partial charge in [0.1, 0.15) is 9.90 Å². The third-order valence-electron chi connectivity index (χ3n) is 3.63. The summed E-state index contributed by atoms with van der Waals surface area (Å²) in [6.45, 7) is 2.18. The van der Waals surface area contributed by atoms with Crippen molar-refractivity contribution in [3.8, 4) is 0 Å². The molecule has 6 nitrogen and oxygen atoms in total. The highest BCUT2D eigenvalue weighted by Gasteiger charge is 2.37. The molecule has 0 bridgehead atoms. The topological polar surface area (TPSA) is 94.3 Å². The van der Waals surface area contributed by atoms with E-state index in [1.807, 2.05) is 0 Å². The molecule has 0 spiro atoms. The lowest BCUT2D eigenvalue weighted by molar-refractivity contribution is -0.0601. The molecule has 3 N–H and O–H groups in total. The predicted octanol–water partition coefficient (Wildman–Crippen LogP) is 1.50. The van der Waals surface area contributed by atoms with Gasteiger partial charge in [0.25, 0.3) is 0 Å². The quantitative estimate of drug-likeness (QED) is 0.827. The molecule has 108 valence electrons. The largest absolute Gasteiger partial charge is 0.382 e. The van der Waals surface area contributed by atoms with Crippen LogP contribution in [0, 0.1) is 0 Å². The molecule has 0 atom stereocenters. The number of ether oxygens (including phenoxy) is 1. The first-order valence-electron chi connectivity index (χ1n) is 6.21. The van der Waals surface area contributed by atoms with Crippen LogP contribution in [0.25, 0.3) is 0 Å². The fraction of sp³-hybridized carbons (Fsp3) is 0.727. The van der Waals surface area contributed by atoms with Gasteiger partial charge in [0.05, 0.1) is 11.4 Å². The van der Waals surface area contributed by atoms with Crippen molar-refractivity contribution in [3.63, 3.8) is 0 Å². The van der Waals surface area contributed by atoms with Gasteiger partial charge in [-0.3, -0.25) is 0 Å². The van der Waals surface area contributed by atoms with Crippen molar-refractivity contribution < 1.29 is 13.2 Å². The third-order valence-corrected chi connectivity index (χ3v) is 6.38. The maximum Gasteiger partial charge on any atom is 0.184 e. The van der Waals surface area contributed by atoms with Crippen LogP contribution in [0.5, 0.6) is 0 Å². The summed E-state index contributed by atoms with van der Waals surface area (Å²) in [6, 6.07) is 0. The molecule has 1 fully saturated rings. The summed E-state index contributed by atoms with van der Waals surface area (Å²) in [5.74, 6) is 0.0918. The fourth-order valence-electron chi connectivity index (χ4n) is 2.12. The Labute approximate surface area is 117 Å². The van der Waals surface area contributed by atoms with Crippen LogP contribution < -0.4 is 11.1 Å². The molecule has 19 heavy (non-hydrogen) atoms. The second kappa shape index (κ2) is 5.26. The van der Waals surface area contributed by atoms with Gasteiger partial charge in [-0.15, -0.1) is 0 Å². The molecule has 1 aliphatic rings. The second-order valence-electron chi connectivity index (χ2n) is 4.72. The van der Waals surface area contributed by atoms with Crippen molar-refractivity contribution in [1.82, 2.24) is 4.37 Å². The minimum atomic E-state index is -3.36. The van der Waals surface area contributed by atoms with Gasteiger partial charge < -0.3 is 15.8 Å². The maximum absolute atomic E-state index is 12.0. The third kappa shape index (κ3) is 2.70. The van der Waals surface area contributed by atoms with Gasteiger partial charge in [0.15, 0.2) is 15.7 Å². The lowest BCUT2D eigenvalue weighted by atomic mass is 9.80. The Morgan fingerprint density at radius 2 is 2.21 bits per heavy atom. The molecule has 0 aliphatic heterocycles.